The molecule has 0 heterocycles. The first-order chi connectivity index (χ1) is 16.9. The van der Waals surface area contributed by atoms with Gasteiger partial charge < -0.3 is 10.6 Å². The topological polar surface area (TPSA) is 58.2 Å². The highest BCUT2D eigenvalue weighted by molar-refractivity contribution is 9.10. The highest BCUT2D eigenvalue weighted by atomic mass is 79.9. The van der Waals surface area contributed by atoms with E-state index in [1.165, 1.54) is 23.9 Å². The molecule has 176 valence electrons. The van der Waals surface area contributed by atoms with Gasteiger partial charge in [0, 0.05) is 20.6 Å². The van der Waals surface area contributed by atoms with E-state index in [4.69, 9.17) is 0 Å². The number of thioether (sulfide) groups is 1. The summed E-state index contributed by atoms with van der Waals surface area (Å²) in [4.78, 5) is 26.7. The molecule has 0 aliphatic carbocycles. The lowest BCUT2D eigenvalue weighted by Gasteiger charge is -2.18. The second kappa shape index (κ2) is 11.3. The van der Waals surface area contributed by atoms with Crippen molar-refractivity contribution >= 4 is 50.9 Å². The largest absolute Gasteiger partial charge is 0.322 e. The van der Waals surface area contributed by atoms with Gasteiger partial charge in [-0.25, -0.2) is 4.39 Å². The van der Waals surface area contributed by atoms with Crippen LogP contribution in [0.3, 0.4) is 0 Å². The molecule has 0 aromatic heterocycles. The minimum absolute atomic E-state index is 0.110. The Kier molecular flexibility index (Phi) is 8.00. The maximum absolute atomic E-state index is 14.3. The van der Waals surface area contributed by atoms with Gasteiger partial charge in [0.05, 0.1) is 5.69 Å². The van der Waals surface area contributed by atoms with E-state index in [2.05, 4.69) is 26.6 Å². The Morgan fingerprint density at radius 1 is 0.857 bits per heavy atom. The predicted molar refractivity (Wildman–Crippen MR) is 143 cm³/mol. The molecule has 1 atom stereocenters. The van der Waals surface area contributed by atoms with Gasteiger partial charge in [0.15, 0.2) is 0 Å². The van der Waals surface area contributed by atoms with Crippen LogP contribution in [0, 0.1) is 12.7 Å². The summed E-state index contributed by atoms with van der Waals surface area (Å²) in [5, 5.41) is 4.97. The average molecular weight is 549 g/mol. The van der Waals surface area contributed by atoms with Gasteiger partial charge in [-0.05, 0) is 61.0 Å². The van der Waals surface area contributed by atoms with E-state index in [0.29, 0.717) is 15.7 Å². The number of amides is 2. The molecule has 4 aromatic rings. The average Bonchev–Trinajstić information content (AvgIpc) is 2.85. The van der Waals surface area contributed by atoms with Crippen molar-refractivity contribution in [1.82, 2.24) is 0 Å². The fourth-order valence-corrected chi connectivity index (χ4v) is 4.80. The van der Waals surface area contributed by atoms with E-state index in [9.17, 15) is 14.0 Å². The van der Waals surface area contributed by atoms with E-state index >= 15 is 0 Å². The summed E-state index contributed by atoms with van der Waals surface area (Å²) in [7, 11) is 0. The van der Waals surface area contributed by atoms with Crippen LogP contribution in [0.4, 0.5) is 15.8 Å². The molecule has 0 radical (unpaired) electrons. The monoisotopic (exact) mass is 548 g/mol. The number of rotatable bonds is 7. The maximum atomic E-state index is 14.3. The van der Waals surface area contributed by atoms with Gasteiger partial charge in [0.25, 0.3) is 5.91 Å². The highest BCUT2D eigenvalue weighted by Crippen LogP contribution is 2.37. The first-order valence-electron chi connectivity index (χ1n) is 10.8. The summed E-state index contributed by atoms with van der Waals surface area (Å²) >= 11 is 4.55. The summed E-state index contributed by atoms with van der Waals surface area (Å²) in [5.41, 5.74) is 3.15. The third kappa shape index (κ3) is 6.59. The summed E-state index contributed by atoms with van der Waals surface area (Å²) in [6, 6.07) is 28.4. The van der Waals surface area contributed by atoms with Gasteiger partial charge in [0.2, 0.25) is 5.91 Å². The van der Waals surface area contributed by atoms with Gasteiger partial charge in [0.1, 0.15) is 11.1 Å². The second-order valence-electron chi connectivity index (χ2n) is 7.87. The molecule has 0 saturated heterocycles. The van der Waals surface area contributed by atoms with Gasteiger partial charge >= 0.3 is 0 Å². The maximum Gasteiger partial charge on any atom is 0.255 e. The summed E-state index contributed by atoms with van der Waals surface area (Å²) < 4.78 is 14.9. The Morgan fingerprint density at radius 3 is 2.31 bits per heavy atom. The van der Waals surface area contributed by atoms with Crippen LogP contribution in [0.5, 0.6) is 0 Å². The molecule has 0 spiro atoms. The lowest BCUT2D eigenvalue weighted by atomic mass is 10.1. The van der Waals surface area contributed by atoms with E-state index in [0.717, 1.165) is 16.0 Å². The summed E-state index contributed by atoms with van der Waals surface area (Å²) in [5.74, 6) is -1.09. The molecule has 4 nitrogen and oxygen atoms in total. The highest BCUT2D eigenvalue weighted by Gasteiger charge is 2.23. The number of hydrogen-bond acceptors (Lipinski definition) is 3. The molecule has 2 amide bonds. The third-order valence-corrected chi connectivity index (χ3v) is 6.93. The Labute approximate surface area is 216 Å². The molecule has 35 heavy (non-hydrogen) atoms. The number of carbonyl (C=O) groups is 2. The van der Waals surface area contributed by atoms with Gasteiger partial charge in [-0.1, -0.05) is 70.0 Å². The fourth-order valence-electron chi connectivity index (χ4n) is 3.38. The van der Waals surface area contributed by atoms with Crippen LogP contribution in [-0.2, 0) is 4.79 Å². The van der Waals surface area contributed by atoms with Crippen molar-refractivity contribution in [3.05, 3.63) is 124 Å². The number of carbonyl (C=O) groups excluding carboxylic acids is 2. The molecule has 1 unspecified atom stereocenters. The lowest BCUT2D eigenvalue weighted by molar-refractivity contribution is -0.115. The van der Waals surface area contributed by atoms with E-state index in [1.807, 2.05) is 67.6 Å². The van der Waals surface area contributed by atoms with Crippen molar-refractivity contribution in [3.8, 4) is 0 Å². The first kappa shape index (κ1) is 24.7. The summed E-state index contributed by atoms with van der Waals surface area (Å²) in [6.07, 6.45) is 0. The quantitative estimate of drug-likeness (QED) is 0.233. The van der Waals surface area contributed by atoms with E-state index < -0.39 is 11.1 Å². The SMILES string of the molecule is Cc1ccc(C(=O)Nc2cccc(SC(C(=O)Nc3ccc(Br)cc3F)c3ccccc3)c2)cc1. The lowest BCUT2D eigenvalue weighted by Crippen LogP contribution is -2.19. The van der Waals surface area contributed by atoms with Crippen LogP contribution >= 0.6 is 27.7 Å². The van der Waals surface area contributed by atoms with Crippen LogP contribution in [0.15, 0.2) is 106 Å². The van der Waals surface area contributed by atoms with Crippen LogP contribution in [0.25, 0.3) is 0 Å². The molecule has 7 heteroatoms. The second-order valence-corrected chi connectivity index (χ2v) is 9.96. The van der Waals surface area contributed by atoms with Crippen molar-refractivity contribution in [2.45, 2.75) is 17.1 Å². The predicted octanol–water partition coefficient (Wildman–Crippen LogP) is 7.62. The Bertz CT molecular complexity index is 1350. The molecule has 0 fully saturated rings. The molecular weight excluding hydrogens is 527 g/mol. The van der Waals surface area contributed by atoms with E-state index in [1.54, 1.807) is 24.3 Å². The van der Waals surface area contributed by atoms with Crippen LogP contribution in [0.1, 0.15) is 26.7 Å². The number of benzene rings is 4. The molecule has 4 rings (SSSR count). The van der Waals surface area contributed by atoms with Gasteiger partial charge in [-0.15, -0.1) is 11.8 Å². The normalized spacial score (nSPS) is 11.5. The minimum atomic E-state index is -0.637. The first-order valence-corrected chi connectivity index (χ1v) is 12.5. The van der Waals surface area contributed by atoms with E-state index in [-0.39, 0.29) is 17.5 Å². The van der Waals surface area contributed by atoms with Crippen molar-refractivity contribution in [3.63, 3.8) is 0 Å². The third-order valence-electron chi connectivity index (χ3n) is 5.19. The zero-order valence-electron chi connectivity index (χ0n) is 18.8. The van der Waals surface area contributed by atoms with Crippen molar-refractivity contribution in [2.75, 3.05) is 10.6 Å². The van der Waals surface area contributed by atoms with Crippen molar-refractivity contribution in [1.29, 1.82) is 0 Å². The molecule has 2 N–H and O–H groups in total. The smallest absolute Gasteiger partial charge is 0.255 e. The van der Waals surface area contributed by atoms with Crippen LogP contribution in [0.2, 0.25) is 0 Å². The number of aryl methyl sites for hydroxylation is 1. The molecule has 0 bridgehead atoms. The number of hydrogen-bond donors (Lipinski definition) is 2. The Balaban J connectivity index is 1.55. The number of nitrogens with one attached hydrogen (secondary N) is 2. The number of halogens is 2. The Hall–Kier alpha value is -3.42. The minimum Gasteiger partial charge on any atom is -0.322 e. The van der Waals surface area contributed by atoms with Gasteiger partial charge in [-0.3, -0.25) is 9.59 Å². The van der Waals surface area contributed by atoms with Crippen LogP contribution in [-0.4, -0.2) is 11.8 Å². The molecule has 0 saturated carbocycles. The van der Waals surface area contributed by atoms with Gasteiger partial charge in [-0.2, -0.15) is 0 Å². The van der Waals surface area contributed by atoms with Crippen molar-refractivity contribution < 1.29 is 14.0 Å². The summed E-state index contributed by atoms with van der Waals surface area (Å²) in [6.45, 7) is 1.97. The molecular formula is C28H22BrFN2O2S. The van der Waals surface area contributed by atoms with Crippen LogP contribution < -0.4 is 10.6 Å². The number of anilines is 2. The molecule has 0 aliphatic heterocycles. The Morgan fingerprint density at radius 2 is 1.60 bits per heavy atom. The zero-order chi connectivity index (χ0) is 24.8. The zero-order valence-corrected chi connectivity index (χ0v) is 21.2. The molecule has 0 aliphatic rings. The standard InChI is InChI=1S/C28H22BrFN2O2S/c1-18-10-12-20(13-11-18)27(33)31-22-8-5-9-23(17-22)35-26(19-6-3-2-4-7-19)28(34)32-25-15-14-21(29)16-24(25)30/h2-17,26H,1H3,(H,31,33)(H,32,34). The fraction of sp³-hybridized carbons (Fsp3) is 0.0714. The van der Waals surface area contributed by atoms with Crippen molar-refractivity contribution in [2.24, 2.45) is 0 Å². The molecule has 4 aromatic carbocycles.